The zero-order chi connectivity index (χ0) is 18.4. The van der Waals surface area contributed by atoms with Gasteiger partial charge in [0.05, 0.1) is 20.3 Å². The summed E-state index contributed by atoms with van der Waals surface area (Å²) < 4.78 is 16.1. The fourth-order valence-corrected chi connectivity index (χ4v) is 2.51. The van der Waals surface area contributed by atoms with E-state index in [1.807, 2.05) is 32.0 Å². The maximum Gasteiger partial charge on any atom is 0.258 e. The molecule has 0 heterocycles. The molecule has 0 aliphatic carbocycles. The normalized spacial score (nSPS) is 11.6. The van der Waals surface area contributed by atoms with E-state index in [0.29, 0.717) is 22.3 Å². The maximum absolute atomic E-state index is 12.2. The number of hydrogen-bond acceptors (Lipinski definition) is 4. The quantitative estimate of drug-likeness (QED) is 0.810. The standard InChI is InChI=1S/C19H22ClNO4/c1-12-9-15(5-7-17(12)20)25-11-19(22)21-13(2)16-10-14(23-3)6-8-18(16)24-4/h5-10,13H,11H2,1-4H3,(H,21,22)/t13-/m1/s1. The van der Waals surface area contributed by atoms with Crippen LogP contribution in [-0.2, 0) is 4.79 Å². The summed E-state index contributed by atoms with van der Waals surface area (Å²) in [5.41, 5.74) is 1.73. The van der Waals surface area contributed by atoms with Crippen molar-refractivity contribution in [1.82, 2.24) is 5.32 Å². The van der Waals surface area contributed by atoms with Crippen molar-refractivity contribution in [2.24, 2.45) is 0 Å². The van der Waals surface area contributed by atoms with Gasteiger partial charge in [-0.05, 0) is 55.8 Å². The lowest BCUT2D eigenvalue weighted by Gasteiger charge is -2.18. The zero-order valence-corrected chi connectivity index (χ0v) is 15.5. The van der Waals surface area contributed by atoms with Crippen molar-refractivity contribution in [1.29, 1.82) is 0 Å². The van der Waals surface area contributed by atoms with Gasteiger partial charge in [0.25, 0.3) is 5.91 Å². The Labute approximate surface area is 152 Å². The number of carbonyl (C=O) groups excluding carboxylic acids is 1. The largest absolute Gasteiger partial charge is 0.497 e. The van der Waals surface area contributed by atoms with Crippen LogP contribution in [0.5, 0.6) is 17.2 Å². The van der Waals surface area contributed by atoms with Crippen LogP contribution in [0.25, 0.3) is 0 Å². The van der Waals surface area contributed by atoms with Gasteiger partial charge in [-0.3, -0.25) is 4.79 Å². The van der Waals surface area contributed by atoms with Crippen LogP contribution in [0.4, 0.5) is 0 Å². The lowest BCUT2D eigenvalue weighted by atomic mass is 10.1. The van der Waals surface area contributed by atoms with Crippen LogP contribution in [0, 0.1) is 6.92 Å². The first kappa shape index (κ1) is 18.9. The van der Waals surface area contributed by atoms with Gasteiger partial charge in [-0.25, -0.2) is 0 Å². The number of aryl methyl sites for hydroxylation is 1. The second-order valence-electron chi connectivity index (χ2n) is 5.60. The molecule has 0 aliphatic rings. The summed E-state index contributed by atoms with van der Waals surface area (Å²) in [5.74, 6) is 1.75. The summed E-state index contributed by atoms with van der Waals surface area (Å²) in [7, 11) is 3.18. The number of ether oxygens (including phenoxy) is 3. The smallest absolute Gasteiger partial charge is 0.258 e. The summed E-state index contributed by atoms with van der Waals surface area (Å²) >= 11 is 5.98. The Kier molecular flexibility index (Phi) is 6.53. The monoisotopic (exact) mass is 363 g/mol. The van der Waals surface area contributed by atoms with Crippen LogP contribution in [0.1, 0.15) is 24.1 Å². The molecule has 1 N–H and O–H groups in total. The molecule has 2 aromatic carbocycles. The number of benzene rings is 2. The minimum atomic E-state index is -0.256. The van der Waals surface area contributed by atoms with E-state index < -0.39 is 0 Å². The first-order chi connectivity index (χ1) is 11.9. The van der Waals surface area contributed by atoms with Crippen LogP contribution < -0.4 is 19.5 Å². The lowest BCUT2D eigenvalue weighted by Crippen LogP contribution is -2.31. The molecule has 0 saturated heterocycles. The Morgan fingerprint density at radius 2 is 1.84 bits per heavy atom. The van der Waals surface area contributed by atoms with Crippen molar-refractivity contribution in [3.05, 3.63) is 52.5 Å². The number of methoxy groups -OCH3 is 2. The predicted octanol–water partition coefficient (Wildman–Crippen LogP) is 3.92. The molecule has 0 aromatic heterocycles. The van der Waals surface area contributed by atoms with Crippen LogP contribution >= 0.6 is 11.6 Å². The maximum atomic E-state index is 12.2. The summed E-state index contributed by atoms with van der Waals surface area (Å²) in [6.45, 7) is 3.67. The van der Waals surface area contributed by atoms with Crippen molar-refractivity contribution < 1.29 is 19.0 Å². The Bertz CT molecular complexity index is 748. The van der Waals surface area contributed by atoms with Gasteiger partial charge in [0, 0.05) is 10.6 Å². The predicted molar refractivity (Wildman–Crippen MR) is 97.8 cm³/mol. The average molecular weight is 364 g/mol. The van der Waals surface area contributed by atoms with Crippen LogP contribution in [0.2, 0.25) is 5.02 Å². The third-order valence-electron chi connectivity index (χ3n) is 3.78. The highest BCUT2D eigenvalue weighted by atomic mass is 35.5. The molecule has 2 rings (SSSR count). The highest BCUT2D eigenvalue weighted by Crippen LogP contribution is 2.29. The second kappa shape index (κ2) is 8.62. The van der Waals surface area contributed by atoms with E-state index in [1.165, 1.54) is 0 Å². The number of amides is 1. The van der Waals surface area contributed by atoms with Gasteiger partial charge in [-0.15, -0.1) is 0 Å². The highest BCUT2D eigenvalue weighted by Gasteiger charge is 2.15. The van der Waals surface area contributed by atoms with Gasteiger partial charge in [0.15, 0.2) is 6.61 Å². The van der Waals surface area contributed by atoms with E-state index in [-0.39, 0.29) is 18.6 Å². The number of rotatable bonds is 7. The molecule has 25 heavy (non-hydrogen) atoms. The molecule has 0 saturated carbocycles. The number of halogens is 1. The molecule has 0 bridgehead atoms. The molecule has 0 radical (unpaired) electrons. The third kappa shape index (κ3) is 5.03. The third-order valence-corrected chi connectivity index (χ3v) is 4.20. The molecule has 5 nitrogen and oxygen atoms in total. The second-order valence-corrected chi connectivity index (χ2v) is 6.00. The molecule has 134 valence electrons. The molecular formula is C19H22ClNO4. The van der Waals surface area contributed by atoms with Crippen molar-refractivity contribution in [2.75, 3.05) is 20.8 Å². The minimum absolute atomic E-state index is 0.0856. The molecule has 0 aliphatic heterocycles. The van der Waals surface area contributed by atoms with E-state index in [4.69, 9.17) is 25.8 Å². The molecule has 0 spiro atoms. The van der Waals surface area contributed by atoms with Crippen LogP contribution in [-0.4, -0.2) is 26.7 Å². The number of hydrogen-bond donors (Lipinski definition) is 1. The van der Waals surface area contributed by atoms with Gasteiger partial charge >= 0.3 is 0 Å². The first-order valence-electron chi connectivity index (χ1n) is 7.84. The summed E-state index contributed by atoms with van der Waals surface area (Å²) in [6, 6.07) is 10.5. The van der Waals surface area contributed by atoms with Crippen molar-refractivity contribution >= 4 is 17.5 Å². The van der Waals surface area contributed by atoms with Gasteiger partial charge in [0.1, 0.15) is 17.2 Å². The summed E-state index contributed by atoms with van der Waals surface area (Å²) in [6.07, 6.45) is 0. The van der Waals surface area contributed by atoms with Gasteiger partial charge in [-0.2, -0.15) is 0 Å². The number of carbonyl (C=O) groups is 1. The highest BCUT2D eigenvalue weighted by molar-refractivity contribution is 6.31. The van der Waals surface area contributed by atoms with E-state index >= 15 is 0 Å². The molecule has 0 fully saturated rings. The van der Waals surface area contributed by atoms with E-state index in [1.54, 1.807) is 32.4 Å². The van der Waals surface area contributed by atoms with Gasteiger partial charge in [0.2, 0.25) is 0 Å². The molecule has 1 amide bonds. The van der Waals surface area contributed by atoms with Crippen molar-refractivity contribution in [3.8, 4) is 17.2 Å². The molecular weight excluding hydrogens is 342 g/mol. The minimum Gasteiger partial charge on any atom is -0.497 e. The fraction of sp³-hybridized carbons (Fsp3) is 0.316. The lowest BCUT2D eigenvalue weighted by molar-refractivity contribution is -0.123. The van der Waals surface area contributed by atoms with Crippen molar-refractivity contribution in [2.45, 2.75) is 19.9 Å². The Morgan fingerprint density at radius 3 is 2.48 bits per heavy atom. The first-order valence-corrected chi connectivity index (χ1v) is 8.22. The van der Waals surface area contributed by atoms with Crippen molar-refractivity contribution in [3.63, 3.8) is 0 Å². The van der Waals surface area contributed by atoms with E-state index in [0.717, 1.165) is 11.1 Å². The van der Waals surface area contributed by atoms with Gasteiger partial charge < -0.3 is 19.5 Å². The Balaban J connectivity index is 1.99. The van der Waals surface area contributed by atoms with E-state index in [9.17, 15) is 4.79 Å². The topological polar surface area (TPSA) is 56.8 Å². The number of nitrogens with one attached hydrogen (secondary N) is 1. The molecule has 6 heteroatoms. The molecule has 2 aromatic rings. The summed E-state index contributed by atoms with van der Waals surface area (Å²) in [4.78, 5) is 12.2. The van der Waals surface area contributed by atoms with Crippen LogP contribution in [0.15, 0.2) is 36.4 Å². The average Bonchev–Trinajstić information content (AvgIpc) is 2.62. The SMILES string of the molecule is COc1ccc(OC)c([C@@H](C)NC(=O)COc2ccc(Cl)c(C)c2)c1. The molecule has 0 unspecified atom stereocenters. The van der Waals surface area contributed by atoms with Gasteiger partial charge in [-0.1, -0.05) is 11.6 Å². The zero-order valence-electron chi connectivity index (χ0n) is 14.8. The van der Waals surface area contributed by atoms with Crippen LogP contribution in [0.3, 0.4) is 0 Å². The summed E-state index contributed by atoms with van der Waals surface area (Å²) in [5, 5.41) is 3.56. The Hall–Kier alpha value is -2.40. The Morgan fingerprint density at radius 1 is 1.12 bits per heavy atom. The molecule has 1 atom stereocenters. The fourth-order valence-electron chi connectivity index (χ4n) is 2.39. The van der Waals surface area contributed by atoms with E-state index in [2.05, 4.69) is 5.32 Å².